The van der Waals surface area contributed by atoms with Crippen LogP contribution in [0.1, 0.15) is 31.1 Å². The van der Waals surface area contributed by atoms with E-state index in [2.05, 4.69) is 14.2 Å². The Balaban J connectivity index is 3.25. The van der Waals surface area contributed by atoms with Gasteiger partial charge in [0.1, 0.15) is 11.4 Å². The molecule has 21 heavy (non-hydrogen) atoms. The van der Waals surface area contributed by atoms with Crippen LogP contribution < -0.4 is 4.18 Å². The van der Waals surface area contributed by atoms with E-state index >= 15 is 0 Å². The van der Waals surface area contributed by atoms with Gasteiger partial charge in [0.15, 0.2) is 0 Å². The fourth-order valence-electron chi connectivity index (χ4n) is 1.31. The third-order valence-electron chi connectivity index (χ3n) is 1.88. The number of benzene rings is 1. The monoisotopic (exact) mass is 317 g/mol. The molecule has 1 aromatic rings. The first-order valence-electron chi connectivity index (χ1n) is 5.58. The number of azide groups is 1. The zero-order valence-corrected chi connectivity index (χ0v) is 12.2. The summed E-state index contributed by atoms with van der Waals surface area (Å²) in [6, 6.07) is 3.08. The van der Waals surface area contributed by atoms with Crippen molar-refractivity contribution in [1.29, 1.82) is 0 Å². The lowest BCUT2D eigenvalue weighted by Gasteiger charge is -2.19. The van der Waals surface area contributed by atoms with E-state index in [-0.39, 0.29) is 11.3 Å². The SMILES string of the molecule is CC(C)(C)OC(=O)c1cc(N=[N+]=[N-])cc(OS(=O)(=O)F)c1. The molecule has 0 bridgehead atoms. The lowest BCUT2D eigenvalue weighted by Crippen LogP contribution is -2.23. The van der Waals surface area contributed by atoms with Crippen molar-refractivity contribution in [2.24, 2.45) is 5.11 Å². The predicted octanol–water partition coefficient (Wildman–Crippen LogP) is 3.18. The van der Waals surface area contributed by atoms with Gasteiger partial charge in [-0.05, 0) is 44.5 Å². The van der Waals surface area contributed by atoms with Gasteiger partial charge in [-0.25, -0.2) is 4.79 Å². The molecule has 114 valence electrons. The van der Waals surface area contributed by atoms with Crippen LogP contribution in [0.2, 0.25) is 0 Å². The van der Waals surface area contributed by atoms with Crippen molar-refractivity contribution in [3.8, 4) is 5.75 Å². The number of hydrogen-bond acceptors (Lipinski definition) is 6. The normalized spacial score (nSPS) is 11.4. The molecule has 0 aliphatic heterocycles. The number of esters is 1. The van der Waals surface area contributed by atoms with E-state index in [4.69, 9.17) is 10.3 Å². The van der Waals surface area contributed by atoms with Gasteiger partial charge in [0, 0.05) is 10.6 Å². The molecule has 10 heteroatoms. The number of ether oxygens (including phenoxy) is 1. The predicted molar refractivity (Wildman–Crippen MR) is 71.1 cm³/mol. The van der Waals surface area contributed by atoms with Crippen LogP contribution in [0.5, 0.6) is 5.75 Å². The van der Waals surface area contributed by atoms with Crippen LogP contribution in [0.25, 0.3) is 10.4 Å². The Morgan fingerprint density at radius 1 is 1.33 bits per heavy atom. The van der Waals surface area contributed by atoms with E-state index in [1.807, 2.05) is 0 Å². The summed E-state index contributed by atoms with van der Waals surface area (Å²) in [5.41, 5.74) is 7.30. The second kappa shape index (κ2) is 5.98. The molecule has 0 saturated heterocycles. The lowest BCUT2D eigenvalue weighted by atomic mass is 10.1. The van der Waals surface area contributed by atoms with Crippen LogP contribution in [0.4, 0.5) is 9.57 Å². The van der Waals surface area contributed by atoms with Gasteiger partial charge in [0.2, 0.25) is 0 Å². The Kier molecular flexibility index (Phi) is 4.77. The lowest BCUT2D eigenvalue weighted by molar-refractivity contribution is 0.00692. The van der Waals surface area contributed by atoms with E-state index in [1.54, 1.807) is 20.8 Å². The Morgan fingerprint density at radius 3 is 2.43 bits per heavy atom. The summed E-state index contributed by atoms with van der Waals surface area (Å²) in [5.74, 6) is -1.32. The minimum atomic E-state index is -5.27. The molecule has 0 spiro atoms. The van der Waals surface area contributed by atoms with Gasteiger partial charge in [0.05, 0.1) is 5.56 Å². The Morgan fingerprint density at radius 2 is 1.95 bits per heavy atom. The summed E-state index contributed by atoms with van der Waals surface area (Å²) in [6.07, 6.45) is 0. The fourth-order valence-corrected chi connectivity index (χ4v) is 1.64. The Hall–Kier alpha value is -2.32. The number of carbonyl (C=O) groups is 1. The minimum Gasteiger partial charge on any atom is -0.456 e. The smallest absolute Gasteiger partial charge is 0.456 e. The summed E-state index contributed by atoms with van der Waals surface area (Å²) in [5, 5.41) is 3.21. The van der Waals surface area contributed by atoms with Crippen LogP contribution in [0.15, 0.2) is 23.3 Å². The summed E-state index contributed by atoms with van der Waals surface area (Å²) < 4.78 is 42.6. The molecular weight excluding hydrogens is 305 g/mol. The van der Waals surface area contributed by atoms with Crippen molar-refractivity contribution in [2.75, 3.05) is 0 Å². The van der Waals surface area contributed by atoms with Crippen molar-refractivity contribution >= 4 is 22.2 Å². The van der Waals surface area contributed by atoms with Gasteiger partial charge < -0.3 is 8.92 Å². The molecule has 0 amide bonds. The highest BCUT2D eigenvalue weighted by molar-refractivity contribution is 7.81. The maximum absolute atomic E-state index is 12.5. The van der Waals surface area contributed by atoms with Gasteiger partial charge in [-0.3, -0.25) is 0 Å². The van der Waals surface area contributed by atoms with Crippen molar-refractivity contribution in [3.63, 3.8) is 0 Å². The van der Waals surface area contributed by atoms with Crippen molar-refractivity contribution < 1.29 is 26.0 Å². The van der Waals surface area contributed by atoms with E-state index < -0.39 is 27.8 Å². The van der Waals surface area contributed by atoms with Gasteiger partial charge in [-0.2, -0.15) is 8.42 Å². The third-order valence-corrected chi connectivity index (χ3v) is 2.27. The van der Waals surface area contributed by atoms with Crippen LogP contribution in [0, 0.1) is 0 Å². The van der Waals surface area contributed by atoms with Crippen molar-refractivity contribution in [3.05, 3.63) is 34.2 Å². The Bertz CT molecular complexity index is 705. The van der Waals surface area contributed by atoms with Gasteiger partial charge in [0.25, 0.3) is 0 Å². The largest absolute Gasteiger partial charge is 0.488 e. The van der Waals surface area contributed by atoms with Gasteiger partial charge in [-0.1, -0.05) is 9.00 Å². The maximum atomic E-state index is 12.5. The molecule has 1 aromatic carbocycles. The fraction of sp³-hybridized carbons (Fsp3) is 0.364. The zero-order chi connectivity index (χ0) is 16.3. The highest BCUT2D eigenvalue weighted by atomic mass is 32.3. The summed E-state index contributed by atoms with van der Waals surface area (Å²) >= 11 is 0. The molecule has 0 N–H and O–H groups in total. The molecule has 0 aliphatic carbocycles. The average Bonchev–Trinajstić information content (AvgIpc) is 2.24. The number of nitrogens with zero attached hydrogens (tertiary/aromatic N) is 3. The highest BCUT2D eigenvalue weighted by Crippen LogP contribution is 2.26. The molecule has 0 atom stereocenters. The summed E-state index contributed by atoms with van der Waals surface area (Å²) in [7, 11) is -5.27. The van der Waals surface area contributed by atoms with Crippen LogP contribution in [-0.2, 0) is 15.2 Å². The topological polar surface area (TPSA) is 118 Å². The first-order chi connectivity index (χ1) is 9.50. The highest BCUT2D eigenvalue weighted by Gasteiger charge is 2.20. The minimum absolute atomic E-state index is 0.125. The standard InChI is InChI=1S/C11H12FN3O5S/c1-11(2,3)19-10(16)7-4-8(14-15-13)6-9(5-7)20-21(12,17)18/h4-6H,1-3H3. The molecular formula is C11H12FN3O5S. The summed E-state index contributed by atoms with van der Waals surface area (Å²) in [6.45, 7) is 4.89. The molecule has 0 heterocycles. The quantitative estimate of drug-likeness (QED) is 0.278. The van der Waals surface area contributed by atoms with E-state index in [1.165, 1.54) is 0 Å². The zero-order valence-electron chi connectivity index (χ0n) is 11.4. The average molecular weight is 317 g/mol. The molecule has 0 aromatic heterocycles. The third kappa shape index (κ3) is 6.11. The van der Waals surface area contributed by atoms with Gasteiger partial charge in [-0.15, -0.1) is 0 Å². The second-order valence-corrected chi connectivity index (χ2v) is 5.84. The van der Waals surface area contributed by atoms with Gasteiger partial charge >= 0.3 is 16.5 Å². The number of hydrogen-bond donors (Lipinski definition) is 0. The molecule has 8 nitrogen and oxygen atoms in total. The second-order valence-electron chi connectivity index (χ2n) is 4.88. The maximum Gasteiger partial charge on any atom is 0.488 e. The molecule has 0 aliphatic rings. The van der Waals surface area contributed by atoms with E-state index in [0.29, 0.717) is 0 Å². The van der Waals surface area contributed by atoms with Crippen LogP contribution >= 0.6 is 0 Å². The van der Waals surface area contributed by atoms with E-state index in [9.17, 15) is 17.1 Å². The molecule has 0 fully saturated rings. The molecule has 1 rings (SSSR count). The van der Waals surface area contributed by atoms with Crippen molar-refractivity contribution in [2.45, 2.75) is 26.4 Å². The molecule has 0 radical (unpaired) electrons. The number of rotatable bonds is 4. The van der Waals surface area contributed by atoms with Crippen LogP contribution in [0.3, 0.4) is 0 Å². The van der Waals surface area contributed by atoms with Crippen LogP contribution in [-0.4, -0.2) is 20.0 Å². The first-order valence-corrected chi connectivity index (χ1v) is 6.89. The summed E-state index contributed by atoms with van der Waals surface area (Å²) in [4.78, 5) is 14.4. The van der Waals surface area contributed by atoms with E-state index in [0.717, 1.165) is 18.2 Å². The Labute approximate surface area is 120 Å². The number of halogens is 1. The first kappa shape index (κ1) is 16.7. The van der Waals surface area contributed by atoms with Crippen molar-refractivity contribution in [1.82, 2.24) is 0 Å². The number of carbonyl (C=O) groups excluding carboxylic acids is 1. The molecule has 0 saturated carbocycles. The molecule has 0 unspecified atom stereocenters.